The largest absolute Gasteiger partial charge is 0.378 e. The summed E-state index contributed by atoms with van der Waals surface area (Å²) in [5, 5.41) is 8.57. The molecule has 0 saturated carbocycles. The van der Waals surface area contributed by atoms with E-state index in [9.17, 15) is 13.2 Å². The molecule has 0 bridgehead atoms. The number of anilines is 2. The maximum absolute atomic E-state index is 12.9. The van der Waals surface area contributed by atoms with Gasteiger partial charge in [0.15, 0.2) is 5.65 Å². The van der Waals surface area contributed by atoms with Gasteiger partial charge in [-0.2, -0.15) is 0 Å². The van der Waals surface area contributed by atoms with Gasteiger partial charge in [0.1, 0.15) is 11.3 Å². The van der Waals surface area contributed by atoms with E-state index in [1.807, 2.05) is 43.0 Å². The van der Waals surface area contributed by atoms with Crippen molar-refractivity contribution in [1.82, 2.24) is 24.4 Å². The van der Waals surface area contributed by atoms with Gasteiger partial charge in [-0.15, -0.1) is 0 Å². The minimum Gasteiger partial charge on any atom is -0.378 e. The third-order valence-corrected chi connectivity index (χ3v) is 8.77. The molecule has 0 atom stereocenters. The van der Waals surface area contributed by atoms with E-state index in [4.69, 9.17) is 14.9 Å². The number of morpholine rings is 1. The van der Waals surface area contributed by atoms with Gasteiger partial charge < -0.3 is 24.5 Å². The second-order valence-corrected chi connectivity index (χ2v) is 12.4. The first-order chi connectivity index (χ1) is 20.1. The van der Waals surface area contributed by atoms with Gasteiger partial charge in [0.05, 0.1) is 28.3 Å². The zero-order valence-electron chi connectivity index (χ0n) is 22.9. The molecule has 5 aromatic rings. The Kier molecular flexibility index (Phi) is 7.35. The number of amides is 1. The highest BCUT2D eigenvalue weighted by molar-refractivity contribution is 9.10. The van der Waals surface area contributed by atoms with E-state index < -0.39 is 10.0 Å². The Hall–Kier alpha value is -4.04. The van der Waals surface area contributed by atoms with Gasteiger partial charge in [0.2, 0.25) is 10.0 Å². The SMILES string of the molecule is Cc1cc(-c2nc3c(Nc4cccc(S(N)(=O)=O)c4)c(Br)cnc3[nH]2)c(C)n1-c1ccc(C(=O)N2CCOCC2)cc1. The predicted octanol–water partition coefficient (Wildman–Crippen LogP) is 4.66. The minimum atomic E-state index is -3.86. The van der Waals surface area contributed by atoms with Crippen LogP contribution in [0.25, 0.3) is 28.2 Å². The van der Waals surface area contributed by atoms with E-state index in [1.165, 1.54) is 12.1 Å². The normalized spacial score (nSPS) is 14.0. The van der Waals surface area contributed by atoms with Crippen molar-refractivity contribution in [3.63, 3.8) is 0 Å². The lowest BCUT2D eigenvalue weighted by molar-refractivity contribution is 0.0303. The van der Waals surface area contributed by atoms with Crippen molar-refractivity contribution in [2.75, 3.05) is 31.6 Å². The van der Waals surface area contributed by atoms with Crippen LogP contribution in [0.3, 0.4) is 0 Å². The fourth-order valence-electron chi connectivity index (χ4n) is 5.17. The quantitative estimate of drug-likeness (QED) is 0.242. The molecule has 2 aromatic carbocycles. The summed E-state index contributed by atoms with van der Waals surface area (Å²) in [7, 11) is -3.86. The molecule has 4 heterocycles. The molecule has 4 N–H and O–H groups in total. The number of hydrogen-bond acceptors (Lipinski definition) is 7. The van der Waals surface area contributed by atoms with Gasteiger partial charge >= 0.3 is 0 Å². The average molecular weight is 651 g/mol. The number of pyridine rings is 1. The maximum Gasteiger partial charge on any atom is 0.254 e. The maximum atomic E-state index is 12.9. The van der Waals surface area contributed by atoms with E-state index in [0.29, 0.717) is 64.7 Å². The lowest BCUT2D eigenvalue weighted by Crippen LogP contribution is -2.40. The smallest absolute Gasteiger partial charge is 0.254 e. The first-order valence-corrected chi connectivity index (χ1v) is 15.5. The molecule has 1 amide bonds. The van der Waals surface area contributed by atoms with Crippen LogP contribution in [0.5, 0.6) is 0 Å². The number of aromatic amines is 1. The first-order valence-electron chi connectivity index (χ1n) is 13.2. The van der Waals surface area contributed by atoms with Crippen molar-refractivity contribution in [2.24, 2.45) is 5.14 Å². The minimum absolute atomic E-state index is 0.00238. The number of benzene rings is 2. The molecule has 6 rings (SSSR count). The third-order valence-electron chi connectivity index (χ3n) is 7.26. The van der Waals surface area contributed by atoms with E-state index in [-0.39, 0.29) is 10.8 Å². The number of sulfonamides is 1. The number of halogens is 1. The Balaban J connectivity index is 1.32. The molecule has 1 aliphatic rings. The number of hydrogen-bond donors (Lipinski definition) is 3. The standard InChI is InChI=1S/C29H28BrN7O4S/c1-17-14-23(18(2)37(17)21-8-6-19(7-9-21)29(38)36-10-12-41-13-11-36)27-34-26-25(24(30)16-32-28(26)35-27)33-20-4-3-5-22(15-20)42(31,39)40/h3-9,14-16H,10-13H2,1-2H3,(H2,31,39,40)(H2,32,33,34,35). The number of rotatable bonds is 6. The summed E-state index contributed by atoms with van der Waals surface area (Å²) in [6.45, 7) is 6.36. The zero-order valence-corrected chi connectivity index (χ0v) is 25.3. The number of nitrogens with one attached hydrogen (secondary N) is 2. The van der Waals surface area contributed by atoms with Crippen molar-refractivity contribution in [2.45, 2.75) is 18.7 Å². The monoisotopic (exact) mass is 649 g/mol. The van der Waals surface area contributed by atoms with E-state index in [2.05, 4.69) is 41.8 Å². The number of imidazole rings is 1. The lowest BCUT2D eigenvalue weighted by atomic mass is 10.1. The summed E-state index contributed by atoms with van der Waals surface area (Å²) < 4.78 is 31.8. The second kappa shape index (κ2) is 11.0. The molecule has 42 heavy (non-hydrogen) atoms. The van der Waals surface area contributed by atoms with Crippen molar-refractivity contribution in [3.8, 4) is 17.1 Å². The number of ether oxygens (including phenoxy) is 1. The molecule has 1 saturated heterocycles. The van der Waals surface area contributed by atoms with Gasteiger partial charge in [-0.05, 0) is 78.3 Å². The third kappa shape index (κ3) is 5.31. The number of carbonyl (C=O) groups is 1. The second-order valence-electron chi connectivity index (χ2n) is 10.0. The summed E-state index contributed by atoms with van der Waals surface area (Å²) in [6, 6.07) is 15.9. The average Bonchev–Trinajstić information content (AvgIpc) is 3.54. The topological polar surface area (TPSA) is 148 Å². The lowest BCUT2D eigenvalue weighted by Gasteiger charge is -2.27. The van der Waals surface area contributed by atoms with Crippen LogP contribution in [0.4, 0.5) is 11.4 Å². The zero-order chi connectivity index (χ0) is 29.6. The highest BCUT2D eigenvalue weighted by atomic mass is 79.9. The molecule has 0 spiro atoms. The van der Waals surface area contributed by atoms with E-state index >= 15 is 0 Å². The first kappa shape index (κ1) is 28.1. The molecule has 216 valence electrons. The van der Waals surface area contributed by atoms with E-state index in [1.54, 1.807) is 18.3 Å². The number of nitrogens with zero attached hydrogens (tertiary/aromatic N) is 4. The van der Waals surface area contributed by atoms with Crippen LogP contribution in [0.2, 0.25) is 0 Å². The van der Waals surface area contributed by atoms with Crippen molar-refractivity contribution in [3.05, 3.63) is 82.2 Å². The Morgan fingerprint density at radius 2 is 1.83 bits per heavy atom. The number of fused-ring (bicyclic) bond motifs is 1. The van der Waals surface area contributed by atoms with Crippen LogP contribution in [-0.4, -0.2) is 65.0 Å². The van der Waals surface area contributed by atoms with Gasteiger partial charge in [-0.3, -0.25) is 4.79 Å². The highest BCUT2D eigenvalue weighted by Crippen LogP contribution is 2.35. The van der Waals surface area contributed by atoms with E-state index in [0.717, 1.165) is 22.6 Å². The number of H-pyrrole nitrogens is 1. The number of carbonyl (C=O) groups excluding carboxylic acids is 1. The number of nitrogens with two attached hydrogens (primary N) is 1. The van der Waals surface area contributed by atoms with Crippen molar-refractivity contribution in [1.29, 1.82) is 0 Å². The number of primary sulfonamides is 1. The Morgan fingerprint density at radius 3 is 2.55 bits per heavy atom. The fraction of sp³-hybridized carbons (Fsp3) is 0.207. The Bertz CT molecular complexity index is 1930. The highest BCUT2D eigenvalue weighted by Gasteiger charge is 2.21. The molecule has 0 unspecified atom stereocenters. The summed E-state index contributed by atoms with van der Waals surface area (Å²) >= 11 is 3.54. The Labute approximate surface area is 250 Å². The van der Waals surface area contributed by atoms with Gasteiger partial charge in [0.25, 0.3) is 5.91 Å². The van der Waals surface area contributed by atoms with Crippen LogP contribution in [0.15, 0.2) is 70.2 Å². The van der Waals surface area contributed by atoms with Crippen LogP contribution in [-0.2, 0) is 14.8 Å². The molecule has 13 heteroatoms. The predicted molar refractivity (Wildman–Crippen MR) is 164 cm³/mol. The molecule has 3 aromatic heterocycles. The van der Waals surface area contributed by atoms with Crippen LogP contribution in [0, 0.1) is 13.8 Å². The van der Waals surface area contributed by atoms with Gasteiger partial charge in [-0.25, -0.2) is 23.5 Å². The molecule has 1 aliphatic heterocycles. The van der Waals surface area contributed by atoms with Crippen LogP contribution < -0.4 is 10.5 Å². The van der Waals surface area contributed by atoms with Gasteiger partial charge in [0, 0.05) is 53.2 Å². The molecular weight excluding hydrogens is 622 g/mol. The summed E-state index contributed by atoms with van der Waals surface area (Å²) in [5.41, 5.74) is 6.76. The Morgan fingerprint density at radius 1 is 1.10 bits per heavy atom. The fourth-order valence-corrected chi connectivity index (χ4v) is 6.12. The number of aryl methyl sites for hydroxylation is 1. The molecule has 0 aliphatic carbocycles. The van der Waals surface area contributed by atoms with Crippen molar-refractivity contribution < 1.29 is 17.9 Å². The summed E-state index contributed by atoms with van der Waals surface area (Å²) in [5.74, 6) is 0.642. The van der Waals surface area contributed by atoms with Crippen LogP contribution >= 0.6 is 15.9 Å². The molecule has 11 nitrogen and oxygen atoms in total. The summed E-state index contributed by atoms with van der Waals surface area (Å²) in [4.78, 5) is 27.4. The van der Waals surface area contributed by atoms with Crippen molar-refractivity contribution >= 4 is 54.4 Å². The van der Waals surface area contributed by atoms with Gasteiger partial charge in [-0.1, -0.05) is 6.07 Å². The number of aromatic nitrogens is 4. The van der Waals surface area contributed by atoms with Crippen LogP contribution in [0.1, 0.15) is 21.7 Å². The molecular formula is C29H28BrN7O4S. The molecule has 1 fully saturated rings. The summed E-state index contributed by atoms with van der Waals surface area (Å²) in [6.07, 6.45) is 1.65. The molecule has 0 radical (unpaired) electrons.